The van der Waals surface area contributed by atoms with E-state index in [2.05, 4.69) is 49.8 Å². The van der Waals surface area contributed by atoms with Gasteiger partial charge in [-0.05, 0) is 55.0 Å². The molecule has 0 bridgehead atoms. The average Bonchev–Trinajstić information content (AvgIpc) is 3.85. The lowest BCUT2D eigenvalue weighted by molar-refractivity contribution is 0.590. The number of fused-ring (bicyclic) bond motifs is 2. The van der Waals surface area contributed by atoms with Gasteiger partial charge < -0.3 is 8.83 Å². The van der Waals surface area contributed by atoms with Crippen LogP contribution < -0.4 is 0 Å². The number of hydrogen-bond donors (Lipinski definition) is 0. The lowest BCUT2D eigenvalue weighted by Gasteiger charge is -2.07. The molecule has 0 saturated carbocycles. The Hall–Kier alpha value is -6.25. The molecule has 0 aliphatic rings. The standard InChI is InChI=1S/C18H15N5O4S2.C18H15N5O3S/c1-3-29(25,26)14-10-21-17(16-19-7-4-8-20-16)23-15(14)18-22-12-9-11(28(2)24)5-6-13(12)27-18;1-3-27(24,25)14-10-21-17(16-19-7-4-8-20-16)23-15(14)18-22-12-9-11(2)5-6-13(12)26-18/h4-10H,3H2,1-2H3;4-10H,3H2,1-2H3. The van der Waals surface area contributed by atoms with Crippen molar-refractivity contribution in [2.24, 2.45) is 0 Å². The predicted octanol–water partition coefficient (Wildman–Crippen LogP) is 5.12. The summed E-state index contributed by atoms with van der Waals surface area (Å²) in [6.45, 7) is 5.03. The summed E-state index contributed by atoms with van der Waals surface area (Å²) in [5, 5.41) is 0. The predicted molar refractivity (Wildman–Crippen MR) is 205 cm³/mol. The number of benzene rings is 2. The van der Waals surface area contributed by atoms with Gasteiger partial charge in [0.25, 0.3) is 0 Å². The SMILES string of the molecule is CCS(=O)(=O)c1cnc(-c2ncccn2)nc1-c1nc2cc(C)ccc2o1.CCS(=O)(=O)c1cnc(-c2ncccn2)nc1-c1nc2cc(S(C)=O)ccc2o1. The topological polar surface area (TPSA) is 241 Å². The third kappa shape index (κ3) is 7.79. The molecular weight excluding hydrogens is 781 g/mol. The molecule has 0 fully saturated rings. The first-order valence-electron chi connectivity index (χ1n) is 16.7. The number of aromatic nitrogens is 10. The molecule has 0 saturated heterocycles. The molecule has 8 rings (SSSR count). The number of sulfone groups is 2. The van der Waals surface area contributed by atoms with Gasteiger partial charge in [0.05, 0.1) is 23.9 Å². The zero-order chi connectivity index (χ0) is 39.6. The Bertz CT molecular complexity index is 2980. The molecule has 2 aromatic carbocycles. The van der Waals surface area contributed by atoms with Crippen molar-refractivity contribution in [2.45, 2.75) is 35.5 Å². The van der Waals surface area contributed by atoms with Crippen molar-refractivity contribution in [3.63, 3.8) is 0 Å². The van der Waals surface area contributed by atoms with E-state index in [0.29, 0.717) is 27.1 Å². The Balaban J connectivity index is 0.000000172. The fourth-order valence-corrected chi connectivity index (χ4v) is 7.63. The van der Waals surface area contributed by atoms with E-state index in [-0.39, 0.29) is 67.8 Å². The van der Waals surface area contributed by atoms with E-state index < -0.39 is 30.5 Å². The van der Waals surface area contributed by atoms with Crippen LogP contribution in [0.5, 0.6) is 0 Å². The molecule has 0 aliphatic heterocycles. The molecule has 6 heterocycles. The summed E-state index contributed by atoms with van der Waals surface area (Å²) in [7, 11) is -8.43. The molecule has 1 atom stereocenters. The smallest absolute Gasteiger partial charge is 0.247 e. The minimum atomic E-state index is -3.65. The van der Waals surface area contributed by atoms with E-state index in [0.717, 1.165) is 5.56 Å². The highest BCUT2D eigenvalue weighted by molar-refractivity contribution is 7.91. The summed E-state index contributed by atoms with van der Waals surface area (Å²) in [6, 6.07) is 13.8. The number of oxazole rings is 2. The van der Waals surface area contributed by atoms with Crippen molar-refractivity contribution in [3.8, 4) is 46.5 Å². The van der Waals surface area contributed by atoms with Crippen molar-refractivity contribution in [1.29, 1.82) is 0 Å². The van der Waals surface area contributed by atoms with E-state index in [9.17, 15) is 21.0 Å². The minimum Gasteiger partial charge on any atom is -0.435 e. The van der Waals surface area contributed by atoms with Gasteiger partial charge >= 0.3 is 0 Å². The van der Waals surface area contributed by atoms with Gasteiger partial charge in [0.15, 0.2) is 54.1 Å². The van der Waals surface area contributed by atoms with E-state index in [1.165, 1.54) is 31.7 Å². The van der Waals surface area contributed by atoms with E-state index in [4.69, 9.17) is 8.83 Å². The van der Waals surface area contributed by atoms with Gasteiger partial charge in [-0.1, -0.05) is 19.9 Å². The van der Waals surface area contributed by atoms with E-state index in [1.54, 1.807) is 62.0 Å². The van der Waals surface area contributed by atoms with Crippen LogP contribution in [0.2, 0.25) is 0 Å². The molecule has 20 heteroatoms. The quantitative estimate of drug-likeness (QED) is 0.184. The molecule has 6 aromatic heterocycles. The molecule has 0 amide bonds. The summed E-state index contributed by atoms with van der Waals surface area (Å²) in [5.74, 6) is 0.772. The van der Waals surface area contributed by atoms with Gasteiger partial charge in [-0.25, -0.2) is 66.7 Å². The molecule has 56 heavy (non-hydrogen) atoms. The Morgan fingerprint density at radius 3 is 1.48 bits per heavy atom. The molecule has 0 N–H and O–H groups in total. The zero-order valence-corrected chi connectivity index (χ0v) is 32.5. The van der Waals surface area contributed by atoms with Crippen LogP contribution in [-0.2, 0) is 30.5 Å². The summed E-state index contributed by atoms with van der Waals surface area (Å²) >= 11 is 0. The lowest BCUT2D eigenvalue weighted by atomic mass is 10.2. The highest BCUT2D eigenvalue weighted by Gasteiger charge is 2.27. The van der Waals surface area contributed by atoms with Gasteiger partial charge in [0, 0.05) is 46.7 Å². The van der Waals surface area contributed by atoms with Crippen LogP contribution in [-0.4, -0.2) is 88.6 Å². The molecule has 0 aliphatic carbocycles. The molecule has 0 spiro atoms. The average molecular weight is 811 g/mol. The normalized spacial score (nSPS) is 12.4. The first kappa shape index (κ1) is 38.0. The summed E-state index contributed by atoms with van der Waals surface area (Å²) < 4.78 is 73.5. The highest BCUT2D eigenvalue weighted by atomic mass is 32.2. The van der Waals surface area contributed by atoms with Gasteiger partial charge in [0.2, 0.25) is 11.8 Å². The number of aryl methyl sites for hydroxylation is 1. The first-order chi connectivity index (χ1) is 26.9. The van der Waals surface area contributed by atoms with Crippen molar-refractivity contribution < 1.29 is 29.9 Å². The van der Waals surface area contributed by atoms with Crippen LogP contribution in [0, 0.1) is 6.92 Å². The third-order valence-electron chi connectivity index (χ3n) is 8.11. The Morgan fingerprint density at radius 1 is 0.589 bits per heavy atom. The molecule has 284 valence electrons. The Morgan fingerprint density at radius 2 is 1.04 bits per heavy atom. The van der Waals surface area contributed by atoms with Crippen molar-refractivity contribution >= 4 is 52.7 Å². The maximum Gasteiger partial charge on any atom is 0.247 e. The number of hydrogen-bond acceptors (Lipinski definition) is 17. The summed E-state index contributed by atoms with van der Waals surface area (Å²) in [4.78, 5) is 42.7. The van der Waals surface area contributed by atoms with Crippen molar-refractivity contribution in [3.05, 3.63) is 91.3 Å². The zero-order valence-electron chi connectivity index (χ0n) is 30.1. The summed E-state index contributed by atoms with van der Waals surface area (Å²) in [5.41, 5.74) is 3.19. The van der Waals surface area contributed by atoms with E-state index in [1.807, 2.05) is 19.1 Å². The third-order valence-corrected chi connectivity index (χ3v) is 12.5. The maximum atomic E-state index is 12.6. The molecule has 0 radical (unpaired) electrons. The van der Waals surface area contributed by atoms with Gasteiger partial charge in [0.1, 0.15) is 32.2 Å². The van der Waals surface area contributed by atoms with Crippen LogP contribution in [0.1, 0.15) is 19.4 Å². The molecular formula is C36H30N10O7S3. The summed E-state index contributed by atoms with van der Waals surface area (Å²) in [6.07, 6.45) is 10.2. The second kappa shape index (κ2) is 15.5. The molecule has 1 unspecified atom stereocenters. The molecule has 8 aromatic rings. The second-order valence-electron chi connectivity index (χ2n) is 11.9. The minimum absolute atomic E-state index is 0.0191. The number of nitrogens with zero attached hydrogens (tertiary/aromatic N) is 10. The number of rotatable bonds is 9. The van der Waals surface area contributed by atoms with Crippen molar-refractivity contribution in [2.75, 3.05) is 17.8 Å². The molecule has 17 nitrogen and oxygen atoms in total. The van der Waals surface area contributed by atoms with Crippen LogP contribution >= 0.6 is 0 Å². The Labute approximate surface area is 322 Å². The first-order valence-corrected chi connectivity index (χ1v) is 21.6. The lowest BCUT2D eigenvalue weighted by Crippen LogP contribution is -2.09. The van der Waals surface area contributed by atoms with Crippen LogP contribution in [0.15, 0.2) is 109 Å². The van der Waals surface area contributed by atoms with Crippen LogP contribution in [0.3, 0.4) is 0 Å². The fourth-order valence-electron chi connectivity index (χ4n) is 5.18. The Kier molecular flexibility index (Phi) is 10.5. The van der Waals surface area contributed by atoms with Crippen LogP contribution in [0.4, 0.5) is 0 Å². The van der Waals surface area contributed by atoms with Crippen LogP contribution in [0.25, 0.3) is 68.7 Å². The van der Waals surface area contributed by atoms with Gasteiger partial charge in [-0.15, -0.1) is 0 Å². The highest BCUT2D eigenvalue weighted by Crippen LogP contribution is 2.32. The largest absolute Gasteiger partial charge is 0.435 e. The van der Waals surface area contributed by atoms with Gasteiger partial charge in [-0.2, -0.15) is 0 Å². The second-order valence-corrected chi connectivity index (χ2v) is 17.7. The van der Waals surface area contributed by atoms with Gasteiger partial charge in [-0.3, -0.25) is 4.21 Å². The maximum absolute atomic E-state index is 12.6. The van der Waals surface area contributed by atoms with E-state index >= 15 is 0 Å². The fraction of sp³-hybridized carbons (Fsp3) is 0.167. The monoisotopic (exact) mass is 810 g/mol. The van der Waals surface area contributed by atoms with Crippen molar-refractivity contribution in [1.82, 2.24) is 49.8 Å².